The highest BCUT2D eigenvalue weighted by Crippen LogP contribution is 2.18. The Morgan fingerprint density at radius 3 is 2.53 bits per heavy atom. The number of hydrogen-bond acceptors (Lipinski definition) is 3. The van der Waals surface area contributed by atoms with Gasteiger partial charge in [-0.1, -0.05) is 18.2 Å². The molecule has 0 spiro atoms. The predicted octanol–water partition coefficient (Wildman–Crippen LogP) is 3.30. The van der Waals surface area contributed by atoms with Crippen molar-refractivity contribution in [3.8, 4) is 11.6 Å². The van der Waals surface area contributed by atoms with Crippen LogP contribution in [-0.2, 0) is 0 Å². The summed E-state index contributed by atoms with van der Waals surface area (Å²) in [7, 11) is 0. The van der Waals surface area contributed by atoms with Gasteiger partial charge in [0.05, 0.1) is 5.88 Å². The molecule has 1 aromatic heterocycles. The number of carbonyl (C=O) groups excluding carboxylic acids is 1. The van der Waals surface area contributed by atoms with Gasteiger partial charge < -0.3 is 4.74 Å². The second-order valence-corrected chi connectivity index (χ2v) is 3.62. The number of para-hydroxylation sites is 1. The summed E-state index contributed by atoms with van der Waals surface area (Å²) in [5, 5.41) is 0. The van der Waals surface area contributed by atoms with Gasteiger partial charge in [0, 0.05) is 17.8 Å². The van der Waals surface area contributed by atoms with E-state index in [1.165, 1.54) is 6.20 Å². The number of nitrogens with zero attached hydrogens (tertiary/aromatic N) is 1. The summed E-state index contributed by atoms with van der Waals surface area (Å²) in [5.41, 5.74) is 0.486. The number of benzene rings is 1. The average Bonchev–Trinajstić information content (AvgIpc) is 2.40. The molecule has 0 unspecified atom stereocenters. The standard InChI is InChI=1S/C13H10ClNO2/c14-8-12(16)10-6-7-13(15-9-10)17-11-4-2-1-3-5-11/h1-7,9H,8H2. The zero-order valence-corrected chi connectivity index (χ0v) is 9.72. The molecule has 0 amide bonds. The fraction of sp³-hybridized carbons (Fsp3) is 0.0769. The highest BCUT2D eigenvalue weighted by Gasteiger charge is 2.05. The monoisotopic (exact) mass is 247 g/mol. The molecule has 1 aromatic carbocycles. The van der Waals surface area contributed by atoms with Crippen molar-refractivity contribution in [1.29, 1.82) is 0 Å². The molecule has 0 N–H and O–H groups in total. The Balaban J connectivity index is 2.11. The maximum absolute atomic E-state index is 11.3. The lowest BCUT2D eigenvalue weighted by molar-refractivity contribution is 0.102. The number of Topliss-reactive ketones (excluding diaryl/α,β-unsaturated/α-hetero) is 1. The molecule has 0 aliphatic rings. The zero-order chi connectivity index (χ0) is 12.1. The number of hydrogen-bond donors (Lipinski definition) is 0. The third kappa shape index (κ3) is 3.04. The van der Waals surface area contributed by atoms with Crippen LogP contribution >= 0.6 is 11.6 Å². The van der Waals surface area contributed by atoms with Crippen LogP contribution in [0.4, 0.5) is 0 Å². The van der Waals surface area contributed by atoms with E-state index in [2.05, 4.69) is 4.98 Å². The number of aromatic nitrogens is 1. The van der Waals surface area contributed by atoms with E-state index in [1.54, 1.807) is 12.1 Å². The van der Waals surface area contributed by atoms with E-state index in [1.807, 2.05) is 30.3 Å². The second-order valence-electron chi connectivity index (χ2n) is 3.36. The number of alkyl halides is 1. The third-order valence-corrected chi connectivity index (χ3v) is 2.39. The van der Waals surface area contributed by atoms with Gasteiger partial charge in [-0.15, -0.1) is 11.6 Å². The first-order valence-electron chi connectivity index (χ1n) is 5.08. The molecule has 0 aliphatic heterocycles. The van der Waals surface area contributed by atoms with Crippen LogP contribution in [0.25, 0.3) is 0 Å². The number of halogens is 1. The molecule has 1 heterocycles. The van der Waals surface area contributed by atoms with Crippen LogP contribution in [0.3, 0.4) is 0 Å². The van der Waals surface area contributed by atoms with E-state index in [0.29, 0.717) is 17.2 Å². The molecule has 4 heteroatoms. The Labute approximate surface area is 104 Å². The van der Waals surface area contributed by atoms with Crippen molar-refractivity contribution in [2.75, 3.05) is 5.88 Å². The Morgan fingerprint density at radius 2 is 1.94 bits per heavy atom. The maximum Gasteiger partial charge on any atom is 0.219 e. The van der Waals surface area contributed by atoms with Crippen molar-refractivity contribution in [1.82, 2.24) is 4.98 Å². The lowest BCUT2D eigenvalue weighted by atomic mass is 10.2. The van der Waals surface area contributed by atoms with Crippen molar-refractivity contribution < 1.29 is 9.53 Å². The summed E-state index contributed by atoms with van der Waals surface area (Å²) in [5.74, 6) is 0.963. The van der Waals surface area contributed by atoms with Gasteiger partial charge in [-0.05, 0) is 18.2 Å². The lowest BCUT2D eigenvalue weighted by Crippen LogP contribution is -2.00. The molecule has 17 heavy (non-hydrogen) atoms. The first-order chi connectivity index (χ1) is 8.29. The fourth-order valence-electron chi connectivity index (χ4n) is 1.29. The van der Waals surface area contributed by atoms with Crippen LogP contribution in [0.1, 0.15) is 10.4 Å². The molecular weight excluding hydrogens is 238 g/mol. The highest BCUT2D eigenvalue weighted by atomic mass is 35.5. The van der Waals surface area contributed by atoms with Crippen LogP contribution in [0, 0.1) is 0 Å². The van der Waals surface area contributed by atoms with Gasteiger partial charge in [-0.3, -0.25) is 4.79 Å². The average molecular weight is 248 g/mol. The van der Waals surface area contributed by atoms with E-state index >= 15 is 0 Å². The molecule has 0 saturated heterocycles. The molecule has 0 atom stereocenters. The fourth-order valence-corrected chi connectivity index (χ4v) is 1.45. The Morgan fingerprint density at radius 1 is 1.18 bits per heavy atom. The van der Waals surface area contributed by atoms with Crippen molar-refractivity contribution in [2.24, 2.45) is 0 Å². The quantitative estimate of drug-likeness (QED) is 0.615. The molecular formula is C13H10ClNO2. The second kappa shape index (κ2) is 5.46. The summed E-state index contributed by atoms with van der Waals surface area (Å²) in [6.45, 7) is 0. The minimum atomic E-state index is -0.148. The number of rotatable bonds is 4. The third-order valence-electron chi connectivity index (χ3n) is 2.15. The lowest BCUT2D eigenvalue weighted by Gasteiger charge is -2.04. The summed E-state index contributed by atoms with van der Waals surface area (Å²) in [6, 6.07) is 12.6. The van der Waals surface area contributed by atoms with Gasteiger partial charge in [-0.2, -0.15) is 0 Å². The van der Waals surface area contributed by atoms with Gasteiger partial charge in [0.25, 0.3) is 0 Å². The van der Waals surface area contributed by atoms with Crippen LogP contribution in [0.2, 0.25) is 0 Å². The van der Waals surface area contributed by atoms with E-state index in [0.717, 1.165) is 0 Å². The molecule has 0 bridgehead atoms. The smallest absolute Gasteiger partial charge is 0.219 e. The summed E-state index contributed by atoms with van der Waals surface area (Å²) >= 11 is 5.45. The molecule has 86 valence electrons. The van der Waals surface area contributed by atoms with Gasteiger partial charge >= 0.3 is 0 Å². The highest BCUT2D eigenvalue weighted by molar-refractivity contribution is 6.30. The van der Waals surface area contributed by atoms with Crippen molar-refractivity contribution in [3.05, 3.63) is 54.2 Å². The van der Waals surface area contributed by atoms with Crippen LogP contribution < -0.4 is 4.74 Å². The molecule has 3 nitrogen and oxygen atoms in total. The van der Waals surface area contributed by atoms with Crippen LogP contribution in [-0.4, -0.2) is 16.6 Å². The molecule has 0 fully saturated rings. The van der Waals surface area contributed by atoms with E-state index in [-0.39, 0.29) is 11.7 Å². The van der Waals surface area contributed by atoms with Crippen molar-refractivity contribution in [3.63, 3.8) is 0 Å². The van der Waals surface area contributed by atoms with Gasteiger partial charge in [-0.25, -0.2) is 4.98 Å². The molecule has 0 saturated carbocycles. The summed E-state index contributed by atoms with van der Waals surface area (Å²) in [4.78, 5) is 15.3. The Kier molecular flexibility index (Phi) is 3.73. The molecule has 2 rings (SSSR count). The first-order valence-corrected chi connectivity index (χ1v) is 5.61. The Bertz CT molecular complexity index is 497. The van der Waals surface area contributed by atoms with E-state index < -0.39 is 0 Å². The summed E-state index contributed by atoms with van der Waals surface area (Å²) in [6.07, 6.45) is 1.46. The number of ether oxygens (including phenoxy) is 1. The summed E-state index contributed by atoms with van der Waals surface area (Å²) < 4.78 is 5.49. The normalized spacial score (nSPS) is 9.94. The zero-order valence-electron chi connectivity index (χ0n) is 8.97. The van der Waals surface area contributed by atoms with E-state index in [9.17, 15) is 4.79 Å². The minimum Gasteiger partial charge on any atom is -0.439 e. The van der Waals surface area contributed by atoms with E-state index in [4.69, 9.17) is 16.3 Å². The number of carbonyl (C=O) groups is 1. The molecule has 2 aromatic rings. The van der Waals surface area contributed by atoms with Crippen LogP contribution in [0.15, 0.2) is 48.7 Å². The largest absolute Gasteiger partial charge is 0.439 e. The van der Waals surface area contributed by atoms with Gasteiger partial charge in [0.2, 0.25) is 5.88 Å². The van der Waals surface area contributed by atoms with Crippen molar-refractivity contribution >= 4 is 17.4 Å². The SMILES string of the molecule is O=C(CCl)c1ccc(Oc2ccccc2)nc1. The number of ketones is 1. The molecule has 0 radical (unpaired) electrons. The predicted molar refractivity (Wildman–Crippen MR) is 65.8 cm³/mol. The van der Waals surface area contributed by atoms with Gasteiger partial charge in [0.15, 0.2) is 5.78 Å². The van der Waals surface area contributed by atoms with Gasteiger partial charge in [0.1, 0.15) is 5.75 Å². The molecule has 0 aliphatic carbocycles. The number of pyridine rings is 1. The first kappa shape index (κ1) is 11.6. The minimum absolute atomic E-state index is 0.0411. The Hall–Kier alpha value is -1.87. The maximum atomic E-state index is 11.3. The van der Waals surface area contributed by atoms with Crippen LogP contribution in [0.5, 0.6) is 11.6 Å². The van der Waals surface area contributed by atoms with Crippen molar-refractivity contribution in [2.45, 2.75) is 0 Å². The topological polar surface area (TPSA) is 39.2 Å².